The summed E-state index contributed by atoms with van der Waals surface area (Å²) >= 11 is 0. The van der Waals surface area contributed by atoms with E-state index in [2.05, 4.69) is 15.3 Å². The van der Waals surface area contributed by atoms with E-state index in [4.69, 9.17) is 4.42 Å². The number of Topliss-reactive ketones (excluding diaryl/α,β-unsaturated/α-hetero) is 1. The Labute approximate surface area is 220 Å². The van der Waals surface area contributed by atoms with Crippen molar-refractivity contribution in [1.82, 2.24) is 25.1 Å². The van der Waals surface area contributed by atoms with E-state index in [1.54, 1.807) is 64.7 Å². The van der Waals surface area contributed by atoms with Crippen molar-refractivity contribution >= 4 is 23.5 Å². The van der Waals surface area contributed by atoms with Gasteiger partial charge < -0.3 is 19.5 Å². The average Bonchev–Trinajstić information content (AvgIpc) is 3.68. The summed E-state index contributed by atoms with van der Waals surface area (Å²) < 4.78 is 5.26. The Bertz CT molecular complexity index is 1310. The molecule has 4 heterocycles. The number of hydrogen-bond donors (Lipinski definition) is 1. The van der Waals surface area contributed by atoms with Crippen LogP contribution in [0.1, 0.15) is 47.0 Å². The van der Waals surface area contributed by atoms with Gasteiger partial charge in [-0.2, -0.15) is 0 Å². The Morgan fingerprint density at radius 2 is 1.95 bits per heavy atom. The molecule has 38 heavy (non-hydrogen) atoms. The van der Waals surface area contributed by atoms with Crippen molar-refractivity contribution < 1.29 is 23.6 Å². The number of benzene rings is 1. The highest BCUT2D eigenvalue weighted by molar-refractivity contribution is 6.01. The summed E-state index contributed by atoms with van der Waals surface area (Å²) in [6, 6.07) is 11.2. The van der Waals surface area contributed by atoms with Crippen LogP contribution >= 0.6 is 0 Å². The Hall–Kier alpha value is -4.34. The number of nitrogens with zero attached hydrogens (tertiary/aromatic N) is 4. The van der Waals surface area contributed by atoms with E-state index in [0.717, 1.165) is 5.56 Å². The molecule has 0 saturated carbocycles. The molecule has 3 aromatic rings. The fraction of sp³-hybridized carbons (Fsp3) is 0.357. The first-order valence-electron chi connectivity index (χ1n) is 12.7. The minimum Gasteiger partial charge on any atom is -0.444 e. The van der Waals surface area contributed by atoms with Crippen molar-refractivity contribution in [2.75, 3.05) is 19.6 Å². The van der Waals surface area contributed by atoms with Gasteiger partial charge in [0.05, 0.1) is 18.8 Å². The highest BCUT2D eigenvalue weighted by atomic mass is 16.3. The lowest BCUT2D eigenvalue weighted by Gasteiger charge is -2.25. The van der Waals surface area contributed by atoms with E-state index in [0.29, 0.717) is 42.9 Å². The van der Waals surface area contributed by atoms with Gasteiger partial charge >= 0.3 is 0 Å². The molecule has 0 radical (unpaired) electrons. The van der Waals surface area contributed by atoms with Gasteiger partial charge in [-0.05, 0) is 43.0 Å². The van der Waals surface area contributed by atoms with Gasteiger partial charge in [0.2, 0.25) is 5.91 Å². The maximum absolute atomic E-state index is 13.1. The largest absolute Gasteiger partial charge is 0.444 e. The van der Waals surface area contributed by atoms with E-state index in [1.807, 2.05) is 6.92 Å². The number of carbonyl (C=O) groups excluding carboxylic acids is 4. The predicted octanol–water partition coefficient (Wildman–Crippen LogP) is 2.58. The molecule has 10 nitrogen and oxygen atoms in total. The molecular formula is C28H29N5O5. The number of pyridine rings is 1. The van der Waals surface area contributed by atoms with E-state index in [1.165, 1.54) is 6.39 Å². The van der Waals surface area contributed by atoms with Crippen molar-refractivity contribution in [3.63, 3.8) is 0 Å². The zero-order valence-electron chi connectivity index (χ0n) is 21.1. The van der Waals surface area contributed by atoms with Gasteiger partial charge in [-0.15, -0.1) is 0 Å². The van der Waals surface area contributed by atoms with Crippen molar-refractivity contribution in [2.45, 2.75) is 38.3 Å². The zero-order chi connectivity index (χ0) is 26.6. The number of ketones is 1. The molecule has 3 unspecified atom stereocenters. The summed E-state index contributed by atoms with van der Waals surface area (Å²) in [5, 5.41) is 2.90. The minimum atomic E-state index is -0.595. The highest BCUT2D eigenvalue weighted by Crippen LogP contribution is 2.31. The normalized spacial score (nSPS) is 19.3. The second-order valence-electron chi connectivity index (χ2n) is 9.80. The summed E-state index contributed by atoms with van der Waals surface area (Å²) in [7, 11) is 0. The van der Waals surface area contributed by atoms with Gasteiger partial charge in [0.1, 0.15) is 11.7 Å². The molecule has 0 spiro atoms. The number of likely N-dealkylation sites (tertiary alicyclic amines) is 2. The zero-order valence-corrected chi connectivity index (χ0v) is 21.1. The molecule has 1 N–H and O–H groups in total. The molecule has 3 atom stereocenters. The van der Waals surface area contributed by atoms with Crippen LogP contribution in [0.3, 0.4) is 0 Å². The Kier molecular flexibility index (Phi) is 7.30. The monoisotopic (exact) mass is 515 g/mol. The lowest BCUT2D eigenvalue weighted by molar-refractivity contribution is -0.137. The highest BCUT2D eigenvalue weighted by Gasteiger charge is 2.51. The summed E-state index contributed by atoms with van der Waals surface area (Å²) in [5.74, 6) is -0.0362. The van der Waals surface area contributed by atoms with Crippen LogP contribution in [-0.2, 0) is 9.59 Å². The van der Waals surface area contributed by atoms with Crippen molar-refractivity contribution in [3.8, 4) is 11.3 Å². The third-order valence-electron chi connectivity index (χ3n) is 7.20. The third-order valence-corrected chi connectivity index (χ3v) is 7.20. The maximum Gasteiger partial charge on any atom is 0.273 e. The summed E-state index contributed by atoms with van der Waals surface area (Å²) in [5.41, 5.74) is 1.66. The smallest absolute Gasteiger partial charge is 0.273 e. The third kappa shape index (κ3) is 5.20. The molecule has 196 valence electrons. The summed E-state index contributed by atoms with van der Waals surface area (Å²) in [6.07, 6.45) is 5.98. The minimum absolute atomic E-state index is 0.00448. The van der Waals surface area contributed by atoms with Crippen LogP contribution in [0, 0.1) is 5.92 Å². The number of hydrogen-bond acceptors (Lipinski definition) is 7. The van der Waals surface area contributed by atoms with Crippen molar-refractivity contribution in [1.29, 1.82) is 0 Å². The van der Waals surface area contributed by atoms with Gasteiger partial charge in [-0.25, -0.2) is 4.98 Å². The second kappa shape index (κ2) is 11.0. The second-order valence-corrected chi connectivity index (χ2v) is 9.80. The fourth-order valence-corrected chi connectivity index (χ4v) is 5.20. The van der Waals surface area contributed by atoms with Crippen LogP contribution in [0.15, 0.2) is 65.7 Å². The first kappa shape index (κ1) is 25.3. The quantitative estimate of drug-likeness (QED) is 0.489. The number of rotatable bonds is 8. The Morgan fingerprint density at radius 3 is 2.66 bits per heavy atom. The predicted molar refractivity (Wildman–Crippen MR) is 137 cm³/mol. The average molecular weight is 516 g/mol. The van der Waals surface area contributed by atoms with Gasteiger partial charge in [-0.1, -0.05) is 25.1 Å². The molecule has 0 bridgehead atoms. The van der Waals surface area contributed by atoms with Gasteiger partial charge in [0.25, 0.3) is 11.8 Å². The summed E-state index contributed by atoms with van der Waals surface area (Å²) in [4.78, 5) is 62.5. The Balaban J connectivity index is 1.10. The van der Waals surface area contributed by atoms with Gasteiger partial charge in [0, 0.05) is 36.8 Å². The molecule has 0 aliphatic carbocycles. The molecule has 2 aromatic heterocycles. The van der Waals surface area contributed by atoms with E-state index >= 15 is 0 Å². The van der Waals surface area contributed by atoms with Crippen molar-refractivity contribution in [3.05, 3.63) is 72.5 Å². The maximum atomic E-state index is 13.1. The Morgan fingerprint density at radius 1 is 1.13 bits per heavy atom. The molecule has 3 amide bonds. The van der Waals surface area contributed by atoms with Crippen molar-refractivity contribution in [2.24, 2.45) is 5.92 Å². The first-order valence-corrected chi connectivity index (χ1v) is 12.7. The first-order chi connectivity index (χ1) is 18.4. The van der Waals surface area contributed by atoms with Gasteiger partial charge in [-0.3, -0.25) is 24.2 Å². The molecule has 5 rings (SSSR count). The molecule has 2 fully saturated rings. The lowest BCUT2D eigenvalue weighted by Crippen LogP contribution is -2.44. The number of carbonyl (C=O) groups is 4. The standard InChI is InChI=1S/C28H29N5O5/c1-18(9-12-31-27(36)20-7-5-19(6-8-20)24-15-29-17-38-24)14-25(35)32-13-10-22-26(32)23(34)16-33(22)28(37)21-4-2-3-11-30-21/h2-8,11,15,17-18,22,26H,9-10,12-14,16H2,1H3,(H,31,36). The number of fused-ring (bicyclic) bond motifs is 1. The molecule has 2 saturated heterocycles. The molecule has 2 aliphatic rings. The number of amides is 3. The van der Waals surface area contributed by atoms with Crippen LogP contribution in [0.5, 0.6) is 0 Å². The van der Waals surface area contributed by atoms with Crippen LogP contribution < -0.4 is 5.32 Å². The number of aromatic nitrogens is 2. The van der Waals surface area contributed by atoms with Crippen LogP contribution in [0.25, 0.3) is 11.3 Å². The van der Waals surface area contributed by atoms with Crippen LogP contribution in [-0.4, -0.2) is 75.0 Å². The van der Waals surface area contributed by atoms with E-state index < -0.39 is 6.04 Å². The lowest BCUT2D eigenvalue weighted by atomic mass is 10.0. The van der Waals surface area contributed by atoms with Crippen LogP contribution in [0.2, 0.25) is 0 Å². The number of nitrogens with one attached hydrogen (secondary N) is 1. The van der Waals surface area contributed by atoms with E-state index in [-0.39, 0.29) is 48.4 Å². The molecule has 1 aromatic carbocycles. The molecule has 2 aliphatic heterocycles. The fourth-order valence-electron chi connectivity index (χ4n) is 5.20. The van der Waals surface area contributed by atoms with Crippen LogP contribution in [0.4, 0.5) is 0 Å². The number of oxazole rings is 1. The molecule has 10 heteroatoms. The van der Waals surface area contributed by atoms with E-state index in [9.17, 15) is 19.2 Å². The SMILES string of the molecule is CC(CCNC(=O)c1ccc(-c2cnco2)cc1)CC(=O)N1CCC2C1C(=O)CN2C(=O)c1ccccn1. The topological polar surface area (TPSA) is 126 Å². The van der Waals surface area contributed by atoms with Gasteiger partial charge in [0.15, 0.2) is 17.9 Å². The summed E-state index contributed by atoms with van der Waals surface area (Å²) in [6.45, 7) is 2.82. The molecular weight excluding hydrogens is 486 g/mol.